The molecule has 28 heteroatoms. The van der Waals surface area contributed by atoms with Crippen LogP contribution in [0.5, 0.6) is 17.2 Å². The number of aromatic hydroxyl groups is 1. The van der Waals surface area contributed by atoms with E-state index in [0.717, 1.165) is 19.4 Å². The Labute approximate surface area is 505 Å². The van der Waals surface area contributed by atoms with Crippen LogP contribution in [0.4, 0.5) is 28.2 Å². The maximum atomic E-state index is 12.9. The Kier molecular flexibility index (Phi) is 24.0. The van der Waals surface area contributed by atoms with Crippen LogP contribution < -0.4 is 59.3 Å². The molecule has 452 valence electrons. The van der Waals surface area contributed by atoms with Gasteiger partial charge in [-0.15, -0.1) is 34.0 Å². The number of rotatable bonds is 19. The minimum Gasteiger partial charge on any atom is -0.508 e. The van der Waals surface area contributed by atoms with Crippen molar-refractivity contribution in [1.82, 2.24) is 45.3 Å². The third kappa shape index (κ3) is 16.7. The summed E-state index contributed by atoms with van der Waals surface area (Å²) in [4.78, 5) is 76.2. The van der Waals surface area contributed by atoms with Gasteiger partial charge in [-0.25, -0.2) is 0 Å². The van der Waals surface area contributed by atoms with Crippen LogP contribution in [0.1, 0.15) is 92.3 Å². The lowest BCUT2D eigenvalue weighted by Crippen LogP contribution is -2.33. The highest BCUT2D eigenvalue weighted by Crippen LogP contribution is 2.31. The molecule has 6 heterocycles. The Morgan fingerprint density at radius 2 is 0.800 bits per heavy atom. The molecule has 6 aromatic heterocycles. The predicted molar refractivity (Wildman–Crippen MR) is 335 cm³/mol. The van der Waals surface area contributed by atoms with Gasteiger partial charge in [-0.1, -0.05) is 15.9 Å². The van der Waals surface area contributed by atoms with Crippen LogP contribution in [0.3, 0.4) is 0 Å². The highest BCUT2D eigenvalue weighted by molar-refractivity contribution is 9.09. The van der Waals surface area contributed by atoms with Gasteiger partial charge in [0, 0.05) is 68.6 Å². The fourth-order valence-electron chi connectivity index (χ4n) is 7.74. The lowest BCUT2D eigenvalue weighted by molar-refractivity contribution is 0.0929. The van der Waals surface area contributed by atoms with Crippen molar-refractivity contribution >= 4 is 115 Å². The number of nitrogens with one attached hydrogen (secondary N) is 3. The molecule has 3 amide bonds. The molecule has 0 aliphatic heterocycles. The summed E-state index contributed by atoms with van der Waals surface area (Å²) in [6.07, 6.45) is 1.26. The van der Waals surface area contributed by atoms with Crippen LogP contribution in [0.2, 0.25) is 0 Å². The first kappa shape index (κ1) is 65.8. The molecule has 9 rings (SSSR count). The standard InChI is InChI=1S/2C19H21FN4O3S.C16H16N4O3S.C3H6BrF/c2*1-11(2)22-18(25)16-14-10-28-17(21)15(14)19(26)24(23-16)12-4-6-13(7-5-12)27-9-3-8-20;1-8(2)18-15(22)13-11-7-24-14(17)12(11)16(23)20(19-13)9-3-5-10(21)6-4-9;4-2-1-3-5/h2*4-7,10-11H,3,8-9,21H2,1-2H3,(H,22,25);3-8,21H,17H2,1-2H3,(H,18,22);1-3H2. The molecule has 0 bridgehead atoms. The molecule has 0 fully saturated rings. The minimum atomic E-state index is -0.444. The van der Waals surface area contributed by atoms with Crippen LogP contribution in [-0.4, -0.2) is 109 Å². The third-order valence-corrected chi connectivity index (χ3v) is 14.6. The number of hydrogen-bond acceptors (Lipinski definition) is 18. The van der Waals surface area contributed by atoms with Gasteiger partial charge in [0.2, 0.25) is 0 Å². The van der Waals surface area contributed by atoms with E-state index in [4.69, 9.17) is 26.7 Å². The fourth-order valence-corrected chi connectivity index (χ4v) is 10.3. The Morgan fingerprint density at radius 1 is 0.518 bits per heavy atom. The van der Waals surface area contributed by atoms with E-state index in [2.05, 4.69) is 47.2 Å². The maximum absolute atomic E-state index is 12.9. The van der Waals surface area contributed by atoms with Crippen molar-refractivity contribution in [3.63, 3.8) is 0 Å². The number of alkyl halides is 4. The van der Waals surface area contributed by atoms with Gasteiger partial charge in [-0.2, -0.15) is 29.3 Å². The number of hydrogen-bond donors (Lipinski definition) is 7. The zero-order valence-electron chi connectivity index (χ0n) is 47.1. The highest BCUT2D eigenvalue weighted by Gasteiger charge is 2.24. The van der Waals surface area contributed by atoms with Gasteiger partial charge < -0.3 is 47.7 Å². The lowest BCUT2D eigenvalue weighted by atomic mass is 10.2. The second-order valence-electron chi connectivity index (χ2n) is 19.3. The van der Waals surface area contributed by atoms with E-state index >= 15 is 0 Å². The Hall–Kier alpha value is -8.34. The molecule has 0 unspecified atom stereocenters. The second kappa shape index (κ2) is 31.0. The first-order valence-corrected chi connectivity index (χ1v) is 30.2. The molecule has 0 aliphatic rings. The molecule has 10 N–H and O–H groups in total. The van der Waals surface area contributed by atoms with Gasteiger partial charge in [0.15, 0.2) is 17.1 Å². The predicted octanol–water partition coefficient (Wildman–Crippen LogP) is 9.43. The normalized spacial score (nSPS) is 11.0. The van der Waals surface area contributed by atoms with Crippen molar-refractivity contribution in [2.45, 2.75) is 78.9 Å². The number of amides is 3. The van der Waals surface area contributed by atoms with E-state index in [-0.39, 0.29) is 94.7 Å². The number of nitrogens with zero attached hydrogens (tertiary/aromatic N) is 6. The van der Waals surface area contributed by atoms with Gasteiger partial charge in [-0.05, 0) is 121 Å². The fraction of sp³-hybridized carbons (Fsp3) is 0.316. The van der Waals surface area contributed by atoms with E-state index in [1.54, 1.807) is 76.8 Å². The molecule has 9 aromatic rings. The van der Waals surface area contributed by atoms with Crippen molar-refractivity contribution < 1.29 is 42.1 Å². The number of benzene rings is 3. The molecular formula is C57H64BrF3N12O9S3. The molecule has 85 heavy (non-hydrogen) atoms. The number of phenols is 1. The Balaban J connectivity index is 0.000000197. The van der Waals surface area contributed by atoms with Crippen molar-refractivity contribution in [2.24, 2.45) is 0 Å². The van der Waals surface area contributed by atoms with E-state index in [0.29, 0.717) is 79.0 Å². The average molecular weight is 1290 g/mol. The van der Waals surface area contributed by atoms with E-state index in [1.165, 1.54) is 46.1 Å². The number of thiophene rings is 3. The first-order chi connectivity index (χ1) is 40.6. The molecule has 0 spiro atoms. The van der Waals surface area contributed by atoms with Crippen molar-refractivity contribution in [2.75, 3.05) is 55.8 Å². The molecular weight excluding hydrogens is 1230 g/mol. The number of carbonyl (C=O) groups is 3. The minimum absolute atomic E-state index is 0.0700. The topological polar surface area (TPSA) is 309 Å². The number of halogens is 4. The SMILES string of the molecule is CC(C)NC(=O)c1nn(-c2ccc(O)cc2)c(=O)c2c(N)scc12.CC(C)NC(=O)c1nn(-c2ccc(OCCCF)cc2)c(=O)c2c(N)scc12.CC(C)NC(=O)c1nn(-c2ccc(OCCCF)cc2)c(=O)c2c(N)scc12.FCCCBr. The lowest BCUT2D eigenvalue weighted by Gasteiger charge is -2.12. The molecule has 0 saturated carbocycles. The molecule has 0 aliphatic carbocycles. The van der Waals surface area contributed by atoms with Crippen molar-refractivity contribution in [1.29, 1.82) is 0 Å². The van der Waals surface area contributed by atoms with Gasteiger partial charge >= 0.3 is 0 Å². The number of phenolic OH excluding ortho intramolecular Hbond substituents is 1. The summed E-state index contributed by atoms with van der Waals surface area (Å²) in [5, 5.41) is 39.5. The number of carbonyl (C=O) groups excluding carboxylic acids is 3. The summed E-state index contributed by atoms with van der Waals surface area (Å²) in [6, 6.07) is 19.0. The Morgan fingerprint density at radius 3 is 1.05 bits per heavy atom. The van der Waals surface area contributed by atoms with Gasteiger partial charge in [-0.3, -0.25) is 41.9 Å². The number of aromatic nitrogens is 6. The average Bonchev–Trinajstić information content (AvgIpc) is 2.25. The van der Waals surface area contributed by atoms with Crippen molar-refractivity contribution in [3.8, 4) is 34.3 Å². The van der Waals surface area contributed by atoms with E-state index in [9.17, 15) is 47.0 Å². The summed E-state index contributed by atoms with van der Waals surface area (Å²) in [5.74, 6) is 0.0507. The smallest absolute Gasteiger partial charge is 0.282 e. The number of nitrogen functional groups attached to an aromatic ring is 3. The first-order valence-electron chi connectivity index (χ1n) is 26.5. The maximum Gasteiger partial charge on any atom is 0.282 e. The second-order valence-corrected chi connectivity index (χ2v) is 22.8. The molecule has 0 saturated heterocycles. The van der Waals surface area contributed by atoms with Crippen LogP contribution in [-0.2, 0) is 0 Å². The van der Waals surface area contributed by atoms with Crippen LogP contribution >= 0.6 is 49.9 Å². The monoisotopic (exact) mass is 1290 g/mol. The summed E-state index contributed by atoms with van der Waals surface area (Å²) in [7, 11) is 0. The molecule has 21 nitrogen and oxygen atoms in total. The number of nitrogens with two attached hydrogens (primary N) is 3. The summed E-state index contributed by atoms with van der Waals surface area (Å²) in [5.41, 5.74) is 18.5. The van der Waals surface area contributed by atoms with Crippen LogP contribution in [0.15, 0.2) is 103 Å². The summed E-state index contributed by atoms with van der Waals surface area (Å²) < 4.78 is 49.6. The van der Waals surface area contributed by atoms with Crippen LogP contribution in [0.25, 0.3) is 49.4 Å². The van der Waals surface area contributed by atoms with Crippen LogP contribution in [0, 0.1) is 0 Å². The van der Waals surface area contributed by atoms with Gasteiger partial charge in [0.25, 0.3) is 34.4 Å². The molecule has 3 aromatic carbocycles. The summed E-state index contributed by atoms with van der Waals surface area (Å²) in [6.45, 7) is 10.5. The number of ether oxygens (including phenoxy) is 2. The summed E-state index contributed by atoms with van der Waals surface area (Å²) >= 11 is 6.65. The van der Waals surface area contributed by atoms with E-state index < -0.39 is 30.0 Å². The van der Waals surface area contributed by atoms with Gasteiger partial charge in [0.05, 0.1) is 81.5 Å². The van der Waals surface area contributed by atoms with Crippen molar-refractivity contribution in [3.05, 3.63) is 137 Å². The van der Waals surface area contributed by atoms with E-state index in [1.807, 2.05) is 41.5 Å². The zero-order chi connectivity index (χ0) is 62.1. The highest BCUT2D eigenvalue weighted by atomic mass is 79.9. The zero-order valence-corrected chi connectivity index (χ0v) is 51.2. The quantitative estimate of drug-likeness (QED) is 0.0293. The van der Waals surface area contributed by atoms with Gasteiger partial charge in [0.1, 0.15) is 17.2 Å². The number of anilines is 3. The largest absolute Gasteiger partial charge is 0.508 e. The Bertz CT molecular complexity index is 3750. The number of fused-ring (bicyclic) bond motifs is 3. The molecule has 0 radical (unpaired) electrons. The molecule has 0 atom stereocenters. The third-order valence-electron chi connectivity index (χ3n) is 11.6.